The number of aromatic amines is 1. The molecule has 1 N–H and O–H groups in total. The fourth-order valence-electron chi connectivity index (χ4n) is 3.99. The Morgan fingerprint density at radius 3 is 2.78 bits per heavy atom. The van der Waals surface area contributed by atoms with E-state index in [-0.39, 0.29) is 23.9 Å². The molecule has 32 heavy (non-hydrogen) atoms. The van der Waals surface area contributed by atoms with Crippen LogP contribution in [0.5, 0.6) is 11.5 Å². The van der Waals surface area contributed by atoms with Crippen LogP contribution in [-0.2, 0) is 11.0 Å². The van der Waals surface area contributed by atoms with Crippen molar-refractivity contribution in [2.75, 3.05) is 26.8 Å². The Balaban J connectivity index is 1.43. The van der Waals surface area contributed by atoms with Gasteiger partial charge in [0.2, 0.25) is 0 Å². The average Bonchev–Trinajstić information content (AvgIpc) is 3.21. The van der Waals surface area contributed by atoms with Crippen LogP contribution in [0.1, 0.15) is 35.7 Å². The molecule has 1 saturated heterocycles. The maximum Gasteiger partial charge on any atom is 0.433 e. The summed E-state index contributed by atoms with van der Waals surface area (Å²) in [5.41, 5.74) is 1.71. The third-order valence-electron chi connectivity index (χ3n) is 5.67. The number of fused-ring (bicyclic) bond motifs is 1. The number of pyridine rings is 1. The van der Waals surface area contributed by atoms with Gasteiger partial charge >= 0.3 is 6.18 Å². The van der Waals surface area contributed by atoms with E-state index in [1.807, 2.05) is 19.1 Å². The molecule has 0 aliphatic carbocycles. The quantitative estimate of drug-likeness (QED) is 0.617. The molecule has 2 aromatic heterocycles. The van der Waals surface area contributed by atoms with Crippen molar-refractivity contribution < 1.29 is 27.4 Å². The Morgan fingerprint density at radius 2 is 2.03 bits per heavy atom. The van der Waals surface area contributed by atoms with Crippen molar-refractivity contribution in [3.8, 4) is 11.5 Å². The van der Waals surface area contributed by atoms with Gasteiger partial charge in [-0.15, -0.1) is 0 Å². The topological polar surface area (TPSA) is 67.5 Å². The fourth-order valence-corrected chi connectivity index (χ4v) is 3.99. The third kappa shape index (κ3) is 4.66. The summed E-state index contributed by atoms with van der Waals surface area (Å²) in [7, 11) is 1.55. The summed E-state index contributed by atoms with van der Waals surface area (Å²) in [5, 5.41) is 0. The first-order valence-corrected chi connectivity index (χ1v) is 10.4. The summed E-state index contributed by atoms with van der Waals surface area (Å²) < 4.78 is 49.8. The predicted octanol–water partition coefficient (Wildman–Crippen LogP) is 4.68. The smallest absolute Gasteiger partial charge is 0.433 e. The van der Waals surface area contributed by atoms with Crippen LogP contribution in [0.4, 0.5) is 13.2 Å². The zero-order valence-electron chi connectivity index (χ0n) is 17.8. The standard InChI is InChI=1S/C23H24F3N3O3/c1-14-5-7-19(20(10-14)31-2)32-13-22(30)29-9-3-4-15(12-29)17-11-18-16(27-17)6-8-21(28-18)23(24,25)26/h5-8,10-11,15,27H,3-4,9,12-13H2,1-2H3. The minimum atomic E-state index is -4.49. The SMILES string of the molecule is COc1cc(C)ccc1OCC(=O)N1CCCC(c2cc3nc(C(F)(F)F)ccc3[nH]2)C1. The highest BCUT2D eigenvalue weighted by Crippen LogP contribution is 2.32. The van der Waals surface area contributed by atoms with Crippen molar-refractivity contribution in [2.24, 2.45) is 0 Å². The minimum absolute atomic E-state index is 0.00912. The van der Waals surface area contributed by atoms with Crippen LogP contribution in [0.15, 0.2) is 36.4 Å². The number of ether oxygens (including phenoxy) is 2. The first-order valence-electron chi connectivity index (χ1n) is 10.4. The van der Waals surface area contributed by atoms with Gasteiger partial charge in [-0.25, -0.2) is 4.98 Å². The van der Waals surface area contributed by atoms with Crippen molar-refractivity contribution in [1.29, 1.82) is 0 Å². The van der Waals surface area contributed by atoms with Gasteiger partial charge in [0.1, 0.15) is 5.69 Å². The number of H-pyrrole nitrogens is 1. The number of aromatic nitrogens is 2. The molecule has 4 rings (SSSR count). The number of hydrogen-bond donors (Lipinski definition) is 1. The molecule has 0 radical (unpaired) electrons. The molecule has 6 nitrogen and oxygen atoms in total. The number of benzene rings is 1. The van der Waals surface area contributed by atoms with Gasteiger partial charge in [0.15, 0.2) is 18.1 Å². The molecule has 170 valence electrons. The number of likely N-dealkylation sites (tertiary alicyclic amines) is 1. The molecule has 3 aromatic rings. The van der Waals surface area contributed by atoms with Crippen LogP contribution < -0.4 is 9.47 Å². The Hall–Kier alpha value is -3.23. The highest BCUT2D eigenvalue weighted by molar-refractivity contribution is 5.78. The van der Waals surface area contributed by atoms with Crippen LogP contribution in [0.25, 0.3) is 11.0 Å². The van der Waals surface area contributed by atoms with E-state index >= 15 is 0 Å². The molecule has 1 aliphatic rings. The van der Waals surface area contributed by atoms with Gasteiger partial charge in [0, 0.05) is 24.7 Å². The average molecular weight is 447 g/mol. The van der Waals surface area contributed by atoms with Crippen LogP contribution >= 0.6 is 0 Å². The van der Waals surface area contributed by atoms with Crippen molar-refractivity contribution in [3.05, 3.63) is 53.3 Å². The first-order chi connectivity index (χ1) is 15.2. The van der Waals surface area contributed by atoms with E-state index in [1.165, 1.54) is 6.07 Å². The summed E-state index contributed by atoms with van der Waals surface area (Å²) in [5.74, 6) is 0.913. The van der Waals surface area contributed by atoms with Gasteiger partial charge in [-0.3, -0.25) is 4.79 Å². The van der Waals surface area contributed by atoms with E-state index < -0.39 is 11.9 Å². The molecule has 3 heterocycles. The van der Waals surface area contributed by atoms with Crippen molar-refractivity contribution >= 4 is 16.9 Å². The summed E-state index contributed by atoms with van der Waals surface area (Å²) in [6, 6.07) is 9.50. The molecule has 1 unspecified atom stereocenters. The van der Waals surface area contributed by atoms with Gasteiger partial charge < -0.3 is 19.4 Å². The van der Waals surface area contributed by atoms with Crippen molar-refractivity contribution in [3.63, 3.8) is 0 Å². The Kier molecular flexibility index (Phi) is 5.99. The predicted molar refractivity (Wildman–Crippen MR) is 113 cm³/mol. The minimum Gasteiger partial charge on any atom is -0.493 e. The second-order valence-electron chi connectivity index (χ2n) is 7.97. The molecule has 1 amide bonds. The van der Waals surface area contributed by atoms with Crippen molar-refractivity contribution in [1.82, 2.24) is 14.9 Å². The van der Waals surface area contributed by atoms with Gasteiger partial charge in [-0.1, -0.05) is 6.07 Å². The van der Waals surface area contributed by atoms with E-state index in [0.717, 1.165) is 30.2 Å². The van der Waals surface area contributed by atoms with Gasteiger partial charge in [0.05, 0.1) is 18.1 Å². The second kappa shape index (κ2) is 8.72. The summed E-state index contributed by atoms with van der Waals surface area (Å²) >= 11 is 0. The van der Waals surface area contributed by atoms with Crippen molar-refractivity contribution in [2.45, 2.75) is 31.9 Å². The number of methoxy groups -OCH3 is 1. The lowest BCUT2D eigenvalue weighted by Crippen LogP contribution is -2.41. The van der Waals surface area contributed by atoms with E-state index in [9.17, 15) is 18.0 Å². The summed E-state index contributed by atoms with van der Waals surface area (Å²) in [6.07, 6.45) is -2.87. The van der Waals surface area contributed by atoms with Gasteiger partial charge in [-0.05, 0) is 55.7 Å². The number of nitrogens with zero attached hydrogens (tertiary/aromatic N) is 2. The van der Waals surface area contributed by atoms with Gasteiger partial charge in [0.25, 0.3) is 5.91 Å². The van der Waals surface area contributed by atoms with E-state index in [1.54, 1.807) is 24.1 Å². The largest absolute Gasteiger partial charge is 0.493 e. The highest BCUT2D eigenvalue weighted by atomic mass is 19.4. The number of amides is 1. The molecule has 0 saturated carbocycles. The number of halogens is 3. The number of aryl methyl sites for hydroxylation is 1. The fraction of sp³-hybridized carbons (Fsp3) is 0.391. The van der Waals surface area contributed by atoms with Crippen LogP contribution in [-0.4, -0.2) is 47.6 Å². The Labute approximate surface area is 183 Å². The molecular weight excluding hydrogens is 423 g/mol. The zero-order valence-corrected chi connectivity index (χ0v) is 17.8. The maximum absolute atomic E-state index is 12.9. The number of rotatable bonds is 5. The molecule has 1 atom stereocenters. The van der Waals surface area contributed by atoms with Gasteiger partial charge in [-0.2, -0.15) is 13.2 Å². The van der Waals surface area contributed by atoms with E-state index in [2.05, 4.69) is 9.97 Å². The molecule has 1 fully saturated rings. The first kappa shape index (κ1) is 22.0. The molecule has 9 heteroatoms. The summed E-state index contributed by atoms with van der Waals surface area (Å²) in [4.78, 5) is 21.4. The molecule has 1 aromatic carbocycles. The Morgan fingerprint density at radius 1 is 1.22 bits per heavy atom. The molecule has 0 spiro atoms. The number of alkyl halides is 3. The van der Waals surface area contributed by atoms with Crippen LogP contribution in [0.2, 0.25) is 0 Å². The highest BCUT2D eigenvalue weighted by Gasteiger charge is 2.33. The van der Waals surface area contributed by atoms with Crippen LogP contribution in [0.3, 0.4) is 0 Å². The number of nitrogens with one attached hydrogen (secondary N) is 1. The number of carbonyl (C=O) groups is 1. The lowest BCUT2D eigenvalue weighted by atomic mass is 9.95. The van der Waals surface area contributed by atoms with E-state index in [4.69, 9.17) is 9.47 Å². The zero-order chi connectivity index (χ0) is 22.9. The monoisotopic (exact) mass is 447 g/mol. The third-order valence-corrected chi connectivity index (χ3v) is 5.67. The second-order valence-corrected chi connectivity index (χ2v) is 7.97. The number of carbonyl (C=O) groups excluding carboxylic acids is 1. The summed E-state index contributed by atoms with van der Waals surface area (Å²) in [6.45, 7) is 2.90. The Bertz CT molecular complexity index is 1130. The lowest BCUT2D eigenvalue weighted by molar-refractivity contribution is -0.141. The van der Waals surface area contributed by atoms with Crippen LogP contribution in [0, 0.1) is 6.92 Å². The molecule has 1 aliphatic heterocycles. The number of hydrogen-bond acceptors (Lipinski definition) is 4. The molecule has 0 bridgehead atoms. The normalized spacial score (nSPS) is 16.9. The maximum atomic E-state index is 12.9. The lowest BCUT2D eigenvalue weighted by Gasteiger charge is -2.32. The number of piperidine rings is 1. The molecular formula is C23H24F3N3O3. The van der Waals surface area contributed by atoms with E-state index in [0.29, 0.717) is 30.1 Å².